The monoisotopic (exact) mass is 215 g/mol. The summed E-state index contributed by atoms with van der Waals surface area (Å²) in [6.45, 7) is 0.625. The number of anilines is 1. The Balaban J connectivity index is 2.16. The van der Waals surface area contributed by atoms with Gasteiger partial charge < -0.3 is 15.2 Å². The standard InChI is InChI=1S/C7H9N3O3S/c11-5(12)7(1-2-13-3-7)10-6-8-4-9-14-6/h4H,1-3H2,(H,11,12)(H,8,9,10). The van der Waals surface area contributed by atoms with Gasteiger partial charge in [0.2, 0.25) is 5.13 Å². The molecule has 14 heavy (non-hydrogen) atoms. The molecule has 1 saturated heterocycles. The Kier molecular flexibility index (Phi) is 2.34. The zero-order valence-corrected chi connectivity index (χ0v) is 8.08. The summed E-state index contributed by atoms with van der Waals surface area (Å²) in [7, 11) is 0. The fourth-order valence-electron chi connectivity index (χ4n) is 1.32. The van der Waals surface area contributed by atoms with Gasteiger partial charge >= 0.3 is 5.97 Å². The minimum atomic E-state index is -1.03. The van der Waals surface area contributed by atoms with Gasteiger partial charge in [-0.05, 0) is 0 Å². The fraction of sp³-hybridized carbons (Fsp3) is 0.571. The molecular weight excluding hydrogens is 206 g/mol. The quantitative estimate of drug-likeness (QED) is 0.749. The SMILES string of the molecule is O=C(O)C1(Nc2ncns2)CCOC1. The summed E-state index contributed by atoms with van der Waals surface area (Å²) < 4.78 is 8.87. The Labute approximate surface area is 84.1 Å². The Bertz CT molecular complexity index is 321. The number of carbonyl (C=O) groups is 1. The molecule has 2 heterocycles. The molecule has 76 valence electrons. The molecule has 1 unspecified atom stereocenters. The van der Waals surface area contributed by atoms with Crippen LogP contribution >= 0.6 is 11.5 Å². The number of nitrogens with one attached hydrogen (secondary N) is 1. The Morgan fingerprint density at radius 1 is 1.79 bits per heavy atom. The van der Waals surface area contributed by atoms with E-state index in [0.717, 1.165) is 11.5 Å². The van der Waals surface area contributed by atoms with E-state index in [1.165, 1.54) is 6.33 Å². The maximum absolute atomic E-state index is 11.1. The van der Waals surface area contributed by atoms with Gasteiger partial charge in [-0.25, -0.2) is 9.78 Å². The van der Waals surface area contributed by atoms with Gasteiger partial charge in [0.05, 0.1) is 6.61 Å². The molecule has 0 bridgehead atoms. The zero-order chi connectivity index (χ0) is 10.0. The van der Waals surface area contributed by atoms with Crippen LogP contribution in [0.4, 0.5) is 5.13 Å². The zero-order valence-electron chi connectivity index (χ0n) is 7.27. The van der Waals surface area contributed by atoms with E-state index in [1.807, 2.05) is 0 Å². The van der Waals surface area contributed by atoms with Crippen LogP contribution in [0.1, 0.15) is 6.42 Å². The number of hydrogen-bond acceptors (Lipinski definition) is 6. The van der Waals surface area contributed by atoms with E-state index in [2.05, 4.69) is 14.7 Å². The highest BCUT2D eigenvalue weighted by atomic mass is 32.1. The van der Waals surface area contributed by atoms with Gasteiger partial charge in [0, 0.05) is 24.6 Å². The largest absolute Gasteiger partial charge is 0.479 e. The van der Waals surface area contributed by atoms with Crippen molar-refractivity contribution in [2.45, 2.75) is 12.0 Å². The first-order chi connectivity index (χ1) is 6.73. The van der Waals surface area contributed by atoms with Crippen molar-refractivity contribution in [3.05, 3.63) is 6.33 Å². The van der Waals surface area contributed by atoms with E-state index < -0.39 is 11.5 Å². The second kappa shape index (κ2) is 3.50. The lowest BCUT2D eigenvalue weighted by molar-refractivity contribution is -0.142. The van der Waals surface area contributed by atoms with Crippen molar-refractivity contribution in [3.63, 3.8) is 0 Å². The van der Waals surface area contributed by atoms with Gasteiger partial charge in [-0.3, -0.25) is 0 Å². The molecule has 7 heteroatoms. The normalized spacial score (nSPS) is 26.3. The predicted octanol–water partition coefficient (Wildman–Crippen LogP) is 0.194. The van der Waals surface area contributed by atoms with Gasteiger partial charge in [0.15, 0.2) is 5.54 Å². The number of aromatic nitrogens is 2. The molecule has 1 aromatic heterocycles. The fourth-order valence-corrected chi connectivity index (χ4v) is 1.85. The summed E-state index contributed by atoms with van der Waals surface area (Å²) in [6.07, 6.45) is 1.83. The van der Waals surface area contributed by atoms with Crippen LogP contribution in [0.25, 0.3) is 0 Å². The topological polar surface area (TPSA) is 84.3 Å². The van der Waals surface area contributed by atoms with Crippen LogP contribution in [0.5, 0.6) is 0 Å². The number of carboxylic acids is 1. The van der Waals surface area contributed by atoms with E-state index in [9.17, 15) is 4.79 Å². The minimum Gasteiger partial charge on any atom is -0.479 e. The highest BCUT2D eigenvalue weighted by Gasteiger charge is 2.43. The lowest BCUT2D eigenvalue weighted by Gasteiger charge is -2.22. The molecule has 1 aliphatic rings. The van der Waals surface area contributed by atoms with E-state index in [-0.39, 0.29) is 6.61 Å². The summed E-state index contributed by atoms with van der Waals surface area (Å²) in [4.78, 5) is 14.9. The molecule has 0 amide bonds. The summed E-state index contributed by atoms with van der Waals surface area (Å²) in [5.74, 6) is -0.912. The van der Waals surface area contributed by atoms with E-state index >= 15 is 0 Å². The third-order valence-electron chi connectivity index (χ3n) is 2.14. The van der Waals surface area contributed by atoms with E-state index in [4.69, 9.17) is 9.84 Å². The summed E-state index contributed by atoms with van der Waals surface area (Å²) in [5, 5.41) is 12.4. The molecular formula is C7H9N3O3S. The smallest absolute Gasteiger partial charge is 0.331 e. The summed E-state index contributed by atoms with van der Waals surface area (Å²) in [5.41, 5.74) is -1.03. The first-order valence-electron chi connectivity index (χ1n) is 4.09. The molecule has 1 atom stereocenters. The lowest BCUT2D eigenvalue weighted by atomic mass is 10.00. The number of nitrogens with zero attached hydrogens (tertiary/aromatic N) is 2. The van der Waals surface area contributed by atoms with Crippen LogP contribution in [0, 0.1) is 0 Å². The van der Waals surface area contributed by atoms with Crippen molar-refractivity contribution in [1.29, 1.82) is 0 Å². The van der Waals surface area contributed by atoms with Crippen molar-refractivity contribution in [3.8, 4) is 0 Å². The molecule has 0 aliphatic carbocycles. The van der Waals surface area contributed by atoms with Crippen LogP contribution in [-0.4, -0.2) is 39.2 Å². The minimum absolute atomic E-state index is 0.169. The first-order valence-corrected chi connectivity index (χ1v) is 4.86. The van der Waals surface area contributed by atoms with Crippen LogP contribution in [-0.2, 0) is 9.53 Å². The van der Waals surface area contributed by atoms with Gasteiger partial charge in [-0.1, -0.05) is 0 Å². The van der Waals surface area contributed by atoms with Crippen LogP contribution in [0.3, 0.4) is 0 Å². The Morgan fingerprint density at radius 2 is 2.64 bits per heavy atom. The molecule has 0 aromatic carbocycles. The summed E-state index contributed by atoms with van der Waals surface area (Å²) >= 11 is 1.13. The van der Waals surface area contributed by atoms with Crippen molar-refractivity contribution < 1.29 is 14.6 Å². The highest BCUT2D eigenvalue weighted by molar-refractivity contribution is 7.09. The third-order valence-corrected chi connectivity index (χ3v) is 2.72. The lowest BCUT2D eigenvalue weighted by Crippen LogP contribution is -2.46. The van der Waals surface area contributed by atoms with Crippen LogP contribution in [0.2, 0.25) is 0 Å². The summed E-state index contributed by atoms with van der Waals surface area (Å²) in [6, 6.07) is 0. The van der Waals surface area contributed by atoms with E-state index in [1.54, 1.807) is 0 Å². The van der Waals surface area contributed by atoms with Gasteiger partial charge in [-0.2, -0.15) is 4.37 Å². The van der Waals surface area contributed by atoms with Crippen LogP contribution in [0.15, 0.2) is 6.33 Å². The second-order valence-corrected chi connectivity index (χ2v) is 3.84. The van der Waals surface area contributed by atoms with Crippen molar-refractivity contribution in [1.82, 2.24) is 9.36 Å². The molecule has 0 saturated carbocycles. The Morgan fingerprint density at radius 3 is 3.14 bits per heavy atom. The number of aliphatic carboxylic acids is 1. The average molecular weight is 215 g/mol. The van der Waals surface area contributed by atoms with Gasteiger partial charge in [-0.15, -0.1) is 0 Å². The second-order valence-electron chi connectivity index (χ2n) is 3.06. The molecule has 0 radical (unpaired) electrons. The highest BCUT2D eigenvalue weighted by Crippen LogP contribution is 2.24. The number of carboxylic acid groups (broad SMARTS) is 1. The molecule has 1 aromatic rings. The van der Waals surface area contributed by atoms with Crippen molar-refractivity contribution in [2.75, 3.05) is 18.5 Å². The maximum Gasteiger partial charge on any atom is 0.331 e. The van der Waals surface area contributed by atoms with E-state index in [0.29, 0.717) is 18.2 Å². The average Bonchev–Trinajstić information content (AvgIpc) is 2.76. The molecule has 1 fully saturated rings. The molecule has 2 rings (SSSR count). The number of hydrogen-bond donors (Lipinski definition) is 2. The number of rotatable bonds is 3. The molecule has 1 aliphatic heterocycles. The number of ether oxygens (including phenoxy) is 1. The first kappa shape index (κ1) is 9.35. The van der Waals surface area contributed by atoms with Crippen molar-refractivity contribution >= 4 is 22.6 Å². The maximum atomic E-state index is 11.1. The van der Waals surface area contributed by atoms with Crippen LogP contribution < -0.4 is 5.32 Å². The molecule has 0 spiro atoms. The molecule has 6 nitrogen and oxygen atoms in total. The van der Waals surface area contributed by atoms with Crippen molar-refractivity contribution in [2.24, 2.45) is 0 Å². The Hall–Kier alpha value is -1.21. The predicted molar refractivity (Wildman–Crippen MR) is 49.3 cm³/mol. The van der Waals surface area contributed by atoms with Gasteiger partial charge in [0.1, 0.15) is 6.33 Å². The van der Waals surface area contributed by atoms with Gasteiger partial charge in [0.25, 0.3) is 0 Å². The molecule has 2 N–H and O–H groups in total. The third kappa shape index (κ3) is 1.55.